The van der Waals surface area contributed by atoms with Gasteiger partial charge in [-0.3, -0.25) is 4.79 Å². The Morgan fingerprint density at radius 3 is 2.28 bits per heavy atom. The Morgan fingerprint density at radius 2 is 1.83 bits per heavy atom. The summed E-state index contributed by atoms with van der Waals surface area (Å²) in [4.78, 5) is 11.2. The minimum atomic E-state index is -1.77. The van der Waals surface area contributed by atoms with Crippen molar-refractivity contribution in [2.45, 2.75) is 71.2 Å². The molecule has 0 saturated heterocycles. The lowest BCUT2D eigenvalue weighted by atomic mass is 9.79. The Balaban J connectivity index is 2.67. The summed E-state index contributed by atoms with van der Waals surface area (Å²) in [5.41, 5.74) is 0. The lowest BCUT2D eigenvalue weighted by Gasteiger charge is -2.42. The summed E-state index contributed by atoms with van der Waals surface area (Å²) in [5.74, 6) is -0.610. The van der Waals surface area contributed by atoms with Crippen molar-refractivity contribution in [3.63, 3.8) is 0 Å². The molecule has 1 N–H and O–H groups in total. The number of carboxylic acids is 1. The van der Waals surface area contributed by atoms with Crippen LogP contribution in [0.2, 0.25) is 18.1 Å². The van der Waals surface area contributed by atoms with Crippen LogP contribution in [0.1, 0.15) is 47.0 Å². The Morgan fingerprint density at radius 1 is 1.28 bits per heavy atom. The second-order valence-corrected chi connectivity index (χ2v) is 12.0. The number of rotatable bonds is 3. The molecule has 106 valence electrons. The van der Waals surface area contributed by atoms with Crippen LogP contribution in [0.5, 0.6) is 0 Å². The molecule has 1 saturated carbocycles. The highest BCUT2D eigenvalue weighted by molar-refractivity contribution is 6.74. The molecule has 0 unspecified atom stereocenters. The van der Waals surface area contributed by atoms with E-state index in [1.807, 2.05) is 6.92 Å². The van der Waals surface area contributed by atoms with E-state index >= 15 is 0 Å². The monoisotopic (exact) mass is 272 g/mol. The molecule has 18 heavy (non-hydrogen) atoms. The third-order valence-electron chi connectivity index (χ3n) is 4.73. The van der Waals surface area contributed by atoms with Gasteiger partial charge in [-0.25, -0.2) is 0 Å². The molecule has 0 aromatic heterocycles. The summed E-state index contributed by atoms with van der Waals surface area (Å²) < 4.78 is 6.35. The fraction of sp³-hybridized carbons (Fsp3) is 0.929. The van der Waals surface area contributed by atoms with Crippen molar-refractivity contribution in [1.82, 2.24) is 0 Å². The first kappa shape index (κ1) is 15.7. The van der Waals surface area contributed by atoms with Gasteiger partial charge < -0.3 is 9.53 Å². The molecule has 0 radical (unpaired) electrons. The van der Waals surface area contributed by atoms with Crippen LogP contribution in [0.15, 0.2) is 0 Å². The van der Waals surface area contributed by atoms with Gasteiger partial charge in [-0.15, -0.1) is 0 Å². The number of carboxylic acid groups (broad SMARTS) is 1. The molecule has 0 spiro atoms. The van der Waals surface area contributed by atoms with Crippen LogP contribution in [0.4, 0.5) is 0 Å². The maximum atomic E-state index is 11.2. The number of hydrogen-bond donors (Lipinski definition) is 1. The Labute approximate surface area is 112 Å². The van der Waals surface area contributed by atoms with Gasteiger partial charge in [-0.05, 0) is 43.3 Å². The van der Waals surface area contributed by atoms with Crippen molar-refractivity contribution in [2.24, 2.45) is 11.8 Å². The maximum absolute atomic E-state index is 11.2. The number of hydrogen-bond acceptors (Lipinski definition) is 2. The van der Waals surface area contributed by atoms with Crippen molar-refractivity contribution in [3.8, 4) is 0 Å². The third kappa shape index (κ3) is 3.57. The van der Waals surface area contributed by atoms with Gasteiger partial charge in [-0.2, -0.15) is 0 Å². The third-order valence-corrected chi connectivity index (χ3v) is 9.27. The Kier molecular flexibility index (Phi) is 4.65. The van der Waals surface area contributed by atoms with Gasteiger partial charge in [-0.1, -0.05) is 27.7 Å². The highest BCUT2D eigenvalue weighted by Gasteiger charge is 2.41. The normalized spacial score (nSPS) is 30.2. The summed E-state index contributed by atoms with van der Waals surface area (Å²) in [6, 6.07) is 0. The summed E-state index contributed by atoms with van der Waals surface area (Å²) >= 11 is 0. The molecule has 1 aliphatic rings. The van der Waals surface area contributed by atoms with E-state index in [9.17, 15) is 9.90 Å². The molecule has 1 rings (SSSR count). The summed E-state index contributed by atoms with van der Waals surface area (Å²) in [6.45, 7) is 13.2. The standard InChI is InChI=1S/C14H28O3Si/c1-10-7-8-11(9-12(10)13(15)16)17-18(5,6)14(2,3)4/h10-12H,7-9H2,1-6H3,(H,15,16)/t10-,11+,12-/m0/s1. The fourth-order valence-electron chi connectivity index (χ4n) is 2.33. The van der Waals surface area contributed by atoms with Crippen molar-refractivity contribution in [2.75, 3.05) is 0 Å². The number of carbonyl (C=O) groups is 1. The molecular weight excluding hydrogens is 244 g/mol. The quantitative estimate of drug-likeness (QED) is 0.793. The molecule has 3 nitrogen and oxygen atoms in total. The summed E-state index contributed by atoms with van der Waals surface area (Å²) in [6.07, 6.45) is 2.81. The second kappa shape index (κ2) is 5.33. The summed E-state index contributed by atoms with van der Waals surface area (Å²) in [5, 5.41) is 9.43. The fourth-order valence-corrected chi connectivity index (χ4v) is 3.73. The largest absolute Gasteiger partial charge is 0.481 e. The van der Waals surface area contributed by atoms with Crippen LogP contribution in [0, 0.1) is 11.8 Å². The predicted octanol–water partition coefficient (Wildman–Crippen LogP) is 3.90. The Hall–Kier alpha value is -0.353. The first-order valence-electron chi connectivity index (χ1n) is 6.95. The molecule has 0 bridgehead atoms. The van der Waals surface area contributed by atoms with E-state index in [0.717, 1.165) is 12.8 Å². The van der Waals surface area contributed by atoms with Crippen molar-refractivity contribution < 1.29 is 14.3 Å². The van der Waals surface area contributed by atoms with Crippen LogP contribution in [0.3, 0.4) is 0 Å². The smallest absolute Gasteiger partial charge is 0.306 e. The van der Waals surface area contributed by atoms with Gasteiger partial charge in [0.05, 0.1) is 5.92 Å². The first-order valence-corrected chi connectivity index (χ1v) is 9.86. The van der Waals surface area contributed by atoms with Gasteiger partial charge in [0.1, 0.15) is 0 Å². The van der Waals surface area contributed by atoms with Gasteiger partial charge in [0.25, 0.3) is 0 Å². The van der Waals surface area contributed by atoms with Crippen LogP contribution in [-0.2, 0) is 9.22 Å². The highest BCUT2D eigenvalue weighted by Crippen LogP contribution is 2.40. The van der Waals surface area contributed by atoms with Crippen LogP contribution in [0.25, 0.3) is 0 Å². The average molecular weight is 272 g/mol. The Bertz CT molecular complexity index is 307. The van der Waals surface area contributed by atoms with Gasteiger partial charge >= 0.3 is 5.97 Å². The highest BCUT2D eigenvalue weighted by atomic mass is 28.4. The van der Waals surface area contributed by atoms with Gasteiger partial charge in [0.2, 0.25) is 0 Å². The molecule has 1 fully saturated rings. The van der Waals surface area contributed by atoms with E-state index in [4.69, 9.17) is 4.43 Å². The van der Waals surface area contributed by atoms with E-state index in [0.29, 0.717) is 6.42 Å². The van der Waals surface area contributed by atoms with Crippen LogP contribution in [-0.4, -0.2) is 25.5 Å². The molecule has 0 heterocycles. The van der Waals surface area contributed by atoms with Crippen LogP contribution >= 0.6 is 0 Å². The minimum absolute atomic E-state index is 0.142. The van der Waals surface area contributed by atoms with Crippen molar-refractivity contribution >= 4 is 14.3 Å². The average Bonchev–Trinajstić information content (AvgIpc) is 2.18. The van der Waals surface area contributed by atoms with Gasteiger partial charge in [0.15, 0.2) is 8.32 Å². The lowest BCUT2D eigenvalue weighted by molar-refractivity contribution is -0.146. The molecule has 3 atom stereocenters. The zero-order valence-corrected chi connectivity index (χ0v) is 13.6. The minimum Gasteiger partial charge on any atom is -0.481 e. The lowest BCUT2D eigenvalue weighted by Crippen LogP contribution is -2.46. The molecule has 0 aromatic carbocycles. The molecule has 0 amide bonds. The first-order chi connectivity index (χ1) is 8.04. The van der Waals surface area contributed by atoms with E-state index in [2.05, 4.69) is 33.9 Å². The van der Waals surface area contributed by atoms with E-state index in [-0.39, 0.29) is 23.0 Å². The molecule has 0 aromatic rings. The van der Waals surface area contributed by atoms with E-state index in [1.54, 1.807) is 0 Å². The van der Waals surface area contributed by atoms with E-state index < -0.39 is 14.3 Å². The SMILES string of the molecule is C[C@H]1CC[C@@H](O[Si](C)(C)C(C)(C)C)C[C@@H]1C(=O)O. The van der Waals surface area contributed by atoms with Gasteiger partial charge in [0, 0.05) is 6.10 Å². The van der Waals surface area contributed by atoms with Crippen LogP contribution < -0.4 is 0 Å². The topological polar surface area (TPSA) is 46.5 Å². The maximum Gasteiger partial charge on any atom is 0.306 e. The number of aliphatic carboxylic acids is 1. The molecular formula is C14H28O3Si. The van der Waals surface area contributed by atoms with Crippen molar-refractivity contribution in [3.05, 3.63) is 0 Å². The molecule has 0 aliphatic heterocycles. The molecule has 1 aliphatic carbocycles. The zero-order valence-electron chi connectivity index (χ0n) is 12.6. The second-order valence-electron chi connectivity index (χ2n) is 7.24. The summed E-state index contributed by atoms with van der Waals surface area (Å²) in [7, 11) is -1.77. The predicted molar refractivity (Wildman–Crippen MR) is 76.2 cm³/mol. The van der Waals surface area contributed by atoms with Crippen molar-refractivity contribution in [1.29, 1.82) is 0 Å². The zero-order chi connectivity index (χ0) is 14.1. The van der Waals surface area contributed by atoms with E-state index in [1.165, 1.54) is 0 Å². The molecule has 4 heteroatoms.